The third-order valence-corrected chi connectivity index (χ3v) is 7.71. The number of benzene rings is 1. The number of rotatable bonds is 5. The van der Waals surface area contributed by atoms with Gasteiger partial charge in [-0.05, 0) is 62.3 Å². The molecule has 4 rings (SSSR count). The highest BCUT2D eigenvalue weighted by atomic mass is 19.4. The van der Waals surface area contributed by atoms with Crippen LogP contribution in [-0.4, -0.2) is 87.9 Å². The second kappa shape index (κ2) is 9.94. The van der Waals surface area contributed by atoms with Gasteiger partial charge in [0.25, 0.3) is 0 Å². The topological polar surface area (TPSA) is 96.3 Å². The quantitative estimate of drug-likeness (QED) is 0.580. The Kier molecular flexibility index (Phi) is 7.31. The van der Waals surface area contributed by atoms with E-state index in [1.807, 2.05) is 4.90 Å². The summed E-state index contributed by atoms with van der Waals surface area (Å²) in [6, 6.07) is 3.16. The Morgan fingerprint density at radius 2 is 1.77 bits per heavy atom. The molecule has 1 unspecified atom stereocenters. The smallest absolute Gasteiger partial charge is 0.391 e. The largest absolute Gasteiger partial charge is 0.416 e. The van der Waals surface area contributed by atoms with Gasteiger partial charge in [0.2, 0.25) is 5.91 Å². The summed E-state index contributed by atoms with van der Waals surface area (Å²) in [5.41, 5.74) is -0.508. The van der Waals surface area contributed by atoms with Gasteiger partial charge in [0.05, 0.1) is 17.7 Å². The zero-order valence-corrected chi connectivity index (χ0v) is 19.8. The highest BCUT2D eigenvalue weighted by molar-refractivity contribution is 5.89. The normalized spacial score (nSPS) is 26.6. The first-order valence-corrected chi connectivity index (χ1v) is 12.1. The Balaban J connectivity index is 1.21. The van der Waals surface area contributed by atoms with Crippen molar-refractivity contribution >= 4 is 17.6 Å². The average molecular weight is 499 g/mol. The molecule has 2 saturated heterocycles. The lowest BCUT2D eigenvalue weighted by atomic mass is 9.90. The molecule has 0 bridgehead atoms. The summed E-state index contributed by atoms with van der Waals surface area (Å²) in [6.45, 7) is 4.01. The number of aliphatic hydroxyl groups is 2. The van der Waals surface area contributed by atoms with E-state index in [4.69, 9.17) is 0 Å². The summed E-state index contributed by atoms with van der Waals surface area (Å²) in [6.07, 6.45) is -1.99. The van der Waals surface area contributed by atoms with Gasteiger partial charge in [-0.25, -0.2) is 4.79 Å². The van der Waals surface area contributed by atoms with Crippen LogP contribution in [0, 0.1) is 5.41 Å². The molecule has 11 heteroatoms. The summed E-state index contributed by atoms with van der Waals surface area (Å²) in [5, 5.41) is 23.6. The van der Waals surface area contributed by atoms with E-state index in [-0.39, 0.29) is 17.0 Å². The molecule has 3 amide bonds. The number of anilines is 1. The number of nitrogens with one attached hydrogen (secondary N) is 1. The molecule has 2 heterocycles. The number of amides is 3. The van der Waals surface area contributed by atoms with Crippen molar-refractivity contribution in [3.63, 3.8) is 0 Å². The number of likely N-dealkylation sites (tertiary alicyclic amines) is 1. The van der Waals surface area contributed by atoms with Crippen molar-refractivity contribution < 1.29 is 33.0 Å². The fraction of sp³-hybridized carbons (Fsp3) is 0.667. The number of β-amino-alcohol motifs (C(OH)–C–C–N with tert-alkyl or cyclic N) is 1. The van der Waals surface area contributed by atoms with E-state index in [0.717, 1.165) is 31.4 Å². The molecule has 1 spiro atoms. The van der Waals surface area contributed by atoms with Gasteiger partial charge in [0.1, 0.15) is 6.23 Å². The SMILES string of the molecule is C[C@H]1C(O)N(CCCC(=O)N2CCC3(CC3)[C@H](O)C2)CCN1C(=O)Nc1ccc(C(F)(F)F)cc1. The second-order valence-corrected chi connectivity index (χ2v) is 9.96. The minimum atomic E-state index is -4.45. The maximum Gasteiger partial charge on any atom is 0.416 e. The number of alkyl halides is 3. The highest BCUT2D eigenvalue weighted by Gasteiger charge is 2.51. The number of piperazine rings is 1. The second-order valence-electron chi connectivity index (χ2n) is 9.96. The van der Waals surface area contributed by atoms with Gasteiger partial charge in [0, 0.05) is 44.8 Å². The minimum absolute atomic E-state index is 0.0108. The van der Waals surface area contributed by atoms with E-state index in [1.54, 1.807) is 11.8 Å². The molecule has 1 saturated carbocycles. The molecule has 194 valence electrons. The molecular formula is C24H33F3N4O4. The van der Waals surface area contributed by atoms with Gasteiger partial charge >= 0.3 is 12.2 Å². The summed E-state index contributed by atoms with van der Waals surface area (Å²) in [4.78, 5) is 30.2. The number of carbonyl (C=O) groups excluding carboxylic acids is 2. The van der Waals surface area contributed by atoms with Crippen molar-refractivity contribution in [2.45, 2.75) is 63.6 Å². The summed E-state index contributed by atoms with van der Waals surface area (Å²) >= 11 is 0. The predicted octanol–water partition coefficient (Wildman–Crippen LogP) is 2.72. The Bertz CT molecular complexity index is 922. The molecular weight excluding hydrogens is 465 g/mol. The number of nitrogens with zero attached hydrogens (tertiary/aromatic N) is 3. The van der Waals surface area contributed by atoms with Gasteiger partial charge in [-0.15, -0.1) is 0 Å². The Labute approximate surface area is 202 Å². The molecule has 1 aromatic rings. The lowest BCUT2D eigenvalue weighted by Crippen LogP contribution is -2.60. The molecule has 3 N–H and O–H groups in total. The Hall–Kier alpha value is -2.37. The molecule has 3 fully saturated rings. The molecule has 1 aliphatic carbocycles. The van der Waals surface area contributed by atoms with E-state index >= 15 is 0 Å². The van der Waals surface area contributed by atoms with Gasteiger partial charge in [-0.1, -0.05) is 0 Å². The van der Waals surface area contributed by atoms with Gasteiger partial charge in [-0.3, -0.25) is 9.69 Å². The minimum Gasteiger partial charge on any atom is -0.391 e. The van der Waals surface area contributed by atoms with Crippen LogP contribution in [0.4, 0.5) is 23.7 Å². The van der Waals surface area contributed by atoms with E-state index < -0.39 is 36.1 Å². The van der Waals surface area contributed by atoms with Crippen LogP contribution in [0.15, 0.2) is 24.3 Å². The fourth-order valence-corrected chi connectivity index (χ4v) is 5.09. The van der Waals surface area contributed by atoms with Crippen LogP contribution >= 0.6 is 0 Å². The number of piperidine rings is 1. The Morgan fingerprint density at radius 3 is 2.37 bits per heavy atom. The number of hydrogen-bond acceptors (Lipinski definition) is 5. The maximum atomic E-state index is 12.7. The first kappa shape index (κ1) is 25.7. The third-order valence-electron chi connectivity index (χ3n) is 7.71. The molecule has 35 heavy (non-hydrogen) atoms. The van der Waals surface area contributed by atoms with Crippen molar-refractivity contribution in [2.75, 3.05) is 38.0 Å². The van der Waals surface area contributed by atoms with E-state index in [1.165, 1.54) is 17.0 Å². The van der Waals surface area contributed by atoms with E-state index in [0.29, 0.717) is 45.6 Å². The van der Waals surface area contributed by atoms with Crippen LogP contribution in [0.2, 0.25) is 0 Å². The number of halogens is 3. The molecule has 2 aliphatic heterocycles. The third kappa shape index (κ3) is 5.73. The molecule has 0 aromatic heterocycles. The van der Waals surface area contributed by atoms with Gasteiger partial charge in [-0.2, -0.15) is 13.2 Å². The first-order valence-electron chi connectivity index (χ1n) is 12.1. The van der Waals surface area contributed by atoms with Crippen molar-refractivity contribution in [2.24, 2.45) is 5.41 Å². The van der Waals surface area contributed by atoms with E-state index in [9.17, 15) is 33.0 Å². The summed E-state index contributed by atoms with van der Waals surface area (Å²) in [5.74, 6) is 0.0108. The van der Waals surface area contributed by atoms with Gasteiger partial charge < -0.3 is 25.3 Å². The molecule has 3 atom stereocenters. The fourth-order valence-electron chi connectivity index (χ4n) is 5.09. The van der Waals surface area contributed by atoms with Crippen LogP contribution < -0.4 is 5.32 Å². The molecule has 8 nitrogen and oxygen atoms in total. The first-order chi connectivity index (χ1) is 16.5. The zero-order valence-electron chi connectivity index (χ0n) is 19.8. The standard InChI is InChI=1S/C24H33F3N4O4/c1-16-21(34)29(11-2-3-20(33)30-12-10-23(8-9-23)19(32)15-30)13-14-31(16)22(35)28-18-6-4-17(5-7-18)24(25,26)27/h4-7,16,19,21,32,34H,2-3,8-15H2,1H3,(H,28,35)/t16-,19+,21?/m0/s1. The number of urea groups is 1. The lowest BCUT2D eigenvalue weighted by Gasteiger charge is -2.43. The lowest BCUT2D eigenvalue weighted by molar-refractivity contribution is -0.138. The highest BCUT2D eigenvalue weighted by Crippen LogP contribution is 2.53. The van der Waals surface area contributed by atoms with Crippen molar-refractivity contribution in [3.8, 4) is 0 Å². The zero-order chi connectivity index (χ0) is 25.4. The van der Waals surface area contributed by atoms with Crippen LogP contribution in [0.5, 0.6) is 0 Å². The summed E-state index contributed by atoms with van der Waals surface area (Å²) < 4.78 is 38.2. The van der Waals surface area contributed by atoms with Crippen molar-refractivity contribution in [1.82, 2.24) is 14.7 Å². The predicted molar refractivity (Wildman–Crippen MR) is 122 cm³/mol. The van der Waals surface area contributed by atoms with Crippen LogP contribution in [-0.2, 0) is 11.0 Å². The average Bonchev–Trinajstić information content (AvgIpc) is 3.59. The Morgan fingerprint density at radius 1 is 1.09 bits per heavy atom. The molecule has 3 aliphatic rings. The number of hydrogen-bond donors (Lipinski definition) is 3. The summed E-state index contributed by atoms with van der Waals surface area (Å²) in [7, 11) is 0. The molecule has 0 radical (unpaired) electrons. The maximum absolute atomic E-state index is 12.7. The number of carbonyl (C=O) groups is 2. The molecule has 1 aromatic carbocycles. The van der Waals surface area contributed by atoms with Crippen molar-refractivity contribution in [1.29, 1.82) is 0 Å². The van der Waals surface area contributed by atoms with Crippen LogP contribution in [0.3, 0.4) is 0 Å². The van der Waals surface area contributed by atoms with E-state index in [2.05, 4.69) is 5.32 Å². The monoisotopic (exact) mass is 498 g/mol. The van der Waals surface area contributed by atoms with Crippen molar-refractivity contribution in [3.05, 3.63) is 29.8 Å². The van der Waals surface area contributed by atoms with Gasteiger partial charge in [0.15, 0.2) is 0 Å². The number of aliphatic hydroxyl groups excluding tert-OH is 2. The van der Waals surface area contributed by atoms with Crippen LogP contribution in [0.1, 0.15) is 44.6 Å². The van der Waals surface area contributed by atoms with Crippen LogP contribution in [0.25, 0.3) is 0 Å².